The summed E-state index contributed by atoms with van der Waals surface area (Å²) in [5.74, 6) is 2.31. The van der Waals surface area contributed by atoms with E-state index in [-0.39, 0.29) is 12.1 Å². The Morgan fingerprint density at radius 3 is 2.75 bits per heavy atom. The van der Waals surface area contributed by atoms with Gasteiger partial charge < -0.3 is 15.4 Å². The van der Waals surface area contributed by atoms with Crippen LogP contribution in [0.25, 0.3) is 5.65 Å². The predicted octanol–water partition coefficient (Wildman–Crippen LogP) is 3.45. The number of fused-ring (bicyclic) bond motifs is 2. The van der Waals surface area contributed by atoms with E-state index in [1.54, 1.807) is 0 Å². The summed E-state index contributed by atoms with van der Waals surface area (Å²) in [6.45, 7) is 2.19. The molecule has 6 heteroatoms. The van der Waals surface area contributed by atoms with Gasteiger partial charge >= 0.3 is 0 Å². The van der Waals surface area contributed by atoms with Crippen LogP contribution in [0.5, 0.6) is 5.75 Å². The number of hydrogen-bond acceptors (Lipinski definition) is 5. The largest absolute Gasteiger partial charge is 0.484 e. The molecule has 3 aromatic rings. The zero-order valence-electron chi connectivity index (χ0n) is 16.3. The molecule has 1 aliphatic carbocycles. The van der Waals surface area contributed by atoms with Crippen LogP contribution >= 0.6 is 0 Å². The SMILES string of the molecule is CN1CCC[C@H](c2nnc3ccc(O[C@@H]4CC[C@H](N)c5ccccc54)cn23)C1. The number of ether oxygens (including phenoxy) is 1. The van der Waals surface area contributed by atoms with E-state index < -0.39 is 0 Å². The number of benzene rings is 1. The van der Waals surface area contributed by atoms with Crippen LogP contribution in [-0.4, -0.2) is 39.6 Å². The average Bonchev–Trinajstić information content (AvgIpc) is 3.14. The van der Waals surface area contributed by atoms with Crippen LogP contribution < -0.4 is 10.5 Å². The van der Waals surface area contributed by atoms with Crippen molar-refractivity contribution in [3.8, 4) is 5.75 Å². The third-order valence-corrected chi connectivity index (χ3v) is 6.15. The molecule has 0 amide bonds. The zero-order valence-corrected chi connectivity index (χ0v) is 16.3. The Kier molecular flexibility index (Phi) is 4.53. The number of nitrogens with zero attached hydrogens (tertiary/aromatic N) is 4. The lowest BCUT2D eigenvalue weighted by atomic mass is 9.86. The Labute approximate surface area is 165 Å². The van der Waals surface area contributed by atoms with Crippen LogP contribution in [0, 0.1) is 0 Å². The van der Waals surface area contributed by atoms with Crippen molar-refractivity contribution in [1.82, 2.24) is 19.5 Å². The summed E-state index contributed by atoms with van der Waals surface area (Å²) in [7, 11) is 2.18. The second-order valence-electron chi connectivity index (χ2n) is 8.17. The monoisotopic (exact) mass is 377 g/mol. The smallest absolute Gasteiger partial charge is 0.161 e. The van der Waals surface area contributed by atoms with E-state index in [9.17, 15) is 0 Å². The first kappa shape index (κ1) is 17.6. The van der Waals surface area contributed by atoms with Gasteiger partial charge in [-0.3, -0.25) is 4.40 Å². The van der Waals surface area contributed by atoms with E-state index in [4.69, 9.17) is 10.5 Å². The number of hydrogen-bond donors (Lipinski definition) is 1. The van der Waals surface area contributed by atoms with Crippen LogP contribution in [0.15, 0.2) is 42.6 Å². The molecule has 1 fully saturated rings. The van der Waals surface area contributed by atoms with Gasteiger partial charge in [0.1, 0.15) is 17.7 Å². The first-order valence-corrected chi connectivity index (χ1v) is 10.2. The summed E-state index contributed by atoms with van der Waals surface area (Å²) >= 11 is 0. The number of rotatable bonds is 3. The molecule has 2 aliphatic rings. The molecule has 146 valence electrons. The summed E-state index contributed by atoms with van der Waals surface area (Å²) in [6.07, 6.45) is 6.31. The molecule has 2 N–H and O–H groups in total. The maximum absolute atomic E-state index is 6.43. The first-order valence-electron chi connectivity index (χ1n) is 10.2. The zero-order chi connectivity index (χ0) is 19.1. The van der Waals surface area contributed by atoms with Crippen molar-refractivity contribution in [2.24, 2.45) is 5.73 Å². The molecular weight excluding hydrogens is 350 g/mol. The maximum atomic E-state index is 6.43. The minimum absolute atomic E-state index is 0.0363. The molecule has 0 spiro atoms. The number of likely N-dealkylation sites (tertiary alicyclic amines) is 1. The molecule has 0 radical (unpaired) electrons. The van der Waals surface area contributed by atoms with E-state index in [0.717, 1.165) is 49.6 Å². The third kappa shape index (κ3) is 3.16. The maximum Gasteiger partial charge on any atom is 0.161 e. The molecule has 1 saturated heterocycles. The van der Waals surface area contributed by atoms with E-state index in [0.29, 0.717) is 5.92 Å². The van der Waals surface area contributed by atoms with Gasteiger partial charge in [0.25, 0.3) is 0 Å². The van der Waals surface area contributed by atoms with Gasteiger partial charge in [0.05, 0.1) is 6.20 Å². The van der Waals surface area contributed by atoms with Crippen LogP contribution in [0.3, 0.4) is 0 Å². The molecule has 3 heterocycles. The molecule has 3 atom stereocenters. The number of aromatic nitrogens is 3. The van der Waals surface area contributed by atoms with Crippen molar-refractivity contribution in [2.45, 2.75) is 43.7 Å². The van der Waals surface area contributed by atoms with E-state index in [2.05, 4.69) is 57.0 Å². The van der Waals surface area contributed by atoms with Crippen LogP contribution in [-0.2, 0) is 0 Å². The second-order valence-corrected chi connectivity index (χ2v) is 8.17. The highest BCUT2D eigenvalue weighted by Crippen LogP contribution is 2.37. The summed E-state index contributed by atoms with van der Waals surface area (Å²) in [4.78, 5) is 2.37. The number of likely N-dealkylation sites (N-methyl/N-ethyl adjacent to an activating group) is 1. The molecule has 1 aromatic carbocycles. The molecule has 0 saturated carbocycles. The van der Waals surface area contributed by atoms with Crippen molar-refractivity contribution < 1.29 is 4.74 Å². The van der Waals surface area contributed by atoms with Crippen LogP contribution in [0.4, 0.5) is 0 Å². The van der Waals surface area contributed by atoms with Crippen molar-refractivity contribution in [3.63, 3.8) is 0 Å². The highest BCUT2D eigenvalue weighted by molar-refractivity contribution is 5.42. The molecule has 5 rings (SSSR count). The fourth-order valence-corrected chi connectivity index (χ4v) is 4.68. The summed E-state index contributed by atoms with van der Waals surface area (Å²) in [5, 5.41) is 8.88. The van der Waals surface area contributed by atoms with Crippen molar-refractivity contribution in [1.29, 1.82) is 0 Å². The Bertz CT molecular complexity index is 984. The van der Waals surface area contributed by atoms with Gasteiger partial charge in [-0.25, -0.2) is 0 Å². The van der Waals surface area contributed by atoms with Gasteiger partial charge in [-0.1, -0.05) is 24.3 Å². The highest BCUT2D eigenvalue weighted by Gasteiger charge is 2.27. The molecule has 0 unspecified atom stereocenters. The van der Waals surface area contributed by atoms with Gasteiger partial charge in [-0.2, -0.15) is 0 Å². The van der Waals surface area contributed by atoms with Crippen molar-refractivity contribution in [3.05, 3.63) is 59.5 Å². The average molecular weight is 377 g/mol. The van der Waals surface area contributed by atoms with Gasteiger partial charge in [0, 0.05) is 18.5 Å². The molecule has 2 aromatic heterocycles. The quantitative estimate of drug-likeness (QED) is 0.757. The molecule has 0 bridgehead atoms. The van der Waals surface area contributed by atoms with Gasteiger partial charge in [0.2, 0.25) is 0 Å². The minimum Gasteiger partial charge on any atom is -0.484 e. The fraction of sp³-hybridized carbons (Fsp3) is 0.455. The molecule has 28 heavy (non-hydrogen) atoms. The highest BCUT2D eigenvalue weighted by atomic mass is 16.5. The normalized spacial score (nSPS) is 25.6. The number of nitrogens with two attached hydrogens (primary N) is 1. The van der Waals surface area contributed by atoms with Gasteiger partial charge in [-0.05, 0) is 62.5 Å². The summed E-state index contributed by atoms with van der Waals surface area (Å²) < 4.78 is 8.54. The lowest BCUT2D eigenvalue weighted by Gasteiger charge is -2.30. The Hall–Kier alpha value is -2.44. The Morgan fingerprint density at radius 2 is 1.89 bits per heavy atom. The topological polar surface area (TPSA) is 68.7 Å². The minimum atomic E-state index is 0.0363. The van der Waals surface area contributed by atoms with E-state index in [1.165, 1.54) is 17.5 Å². The molecule has 1 aliphatic heterocycles. The summed E-state index contributed by atoms with van der Waals surface area (Å²) in [6, 6.07) is 12.5. The predicted molar refractivity (Wildman–Crippen MR) is 108 cm³/mol. The second kappa shape index (κ2) is 7.18. The van der Waals surface area contributed by atoms with Crippen LogP contribution in [0.2, 0.25) is 0 Å². The van der Waals surface area contributed by atoms with Gasteiger partial charge in [0.15, 0.2) is 5.65 Å². The van der Waals surface area contributed by atoms with Crippen molar-refractivity contribution >= 4 is 5.65 Å². The lowest BCUT2D eigenvalue weighted by molar-refractivity contribution is 0.176. The van der Waals surface area contributed by atoms with Crippen molar-refractivity contribution in [2.75, 3.05) is 20.1 Å². The molecule has 6 nitrogen and oxygen atoms in total. The summed E-state index contributed by atoms with van der Waals surface area (Å²) in [5.41, 5.74) is 9.58. The fourth-order valence-electron chi connectivity index (χ4n) is 4.68. The standard InChI is InChI=1S/C22H27N5O/c1-26-12-4-5-15(13-26)22-25-24-21-11-8-16(14-27(21)22)28-20-10-9-19(23)17-6-2-3-7-18(17)20/h2-3,6-8,11,14-15,19-20H,4-5,9-10,12-13,23H2,1H3/t15-,19-,20+/m0/s1. The van der Waals surface area contributed by atoms with E-state index >= 15 is 0 Å². The first-order chi connectivity index (χ1) is 13.7. The number of pyridine rings is 1. The number of piperidine rings is 1. The van der Waals surface area contributed by atoms with Crippen LogP contribution in [0.1, 0.15) is 60.7 Å². The van der Waals surface area contributed by atoms with E-state index in [1.807, 2.05) is 12.1 Å². The Morgan fingerprint density at radius 1 is 1.04 bits per heavy atom. The lowest BCUT2D eigenvalue weighted by Crippen LogP contribution is -2.31. The van der Waals surface area contributed by atoms with Gasteiger partial charge in [-0.15, -0.1) is 10.2 Å². The third-order valence-electron chi connectivity index (χ3n) is 6.15. The Balaban J connectivity index is 1.44. The molecular formula is C22H27N5O.